The fraction of sp³-hybridized carbons (Fsp3) is 0.533. The van der Waals surface area contributed by atoms with Gasteiger partial charge < -0.3 is 10.0 Å². The van der Waals surface area contributed by atoms with E-state index in [9.17, 15) is 13.2 Å². The molecule has 1 saturated heterocycles. The number of benzene rings is 1. The second-order valence-corrected chi connectivity index (χ2v) is 7.43. The van der Waals surface area contributed by atoms with E-state index in [1.807, 2.05) is 0 Å². The second kappa shape index (κ2) is 7.39. The lowest BCUT2D eigenvalue weighted by Gasteiger charge is -2.34. The van der Waals surface area contributed by atoms with Crippen LogP contribution in [-0.4, -0.2) is 75.6 Å². The van der Waals surface area contributed by atoms with E-state index < -0.39 is 10.0 Å². The Morgan fingerprint density at radius 2 is 1.91 bits per heavy atom. The number of hydrogen-bond acceptors (Lipinski definition) is 5. The maximum absolute atomic E-state index is 12.7. The monoisotopic (exact) mass is 341 g/mol. The van der Waals surface area contributed by atoms with Crippen LogP contribution in [0.5, 0.6) is 0 Å². The van der Waals surface area contributed by atoms with Crippen molar-refractivity contribution in [2.45, 2.75) is 11.8 Å². The zero-order valence-corrected chi connectivity index (χ0v) is 14.3. The van der Waals surface area contributed by atoms with Gasteiger partial charge in [-0.15, -0.1) is 0 Å². The minimum absolute atomic E-state index is 0.0906. The third kappa shape index (κ3) is 4.08. The zero-order chi connectivity index (χ0) is 17.0. The molecule has 0 spiro atoms. The van der Waals surface area contributed by atoms with Gasteiger partial charge in [-0.25, -0.2) is 13.1 Å². The van der Waals surface area contributed by atoms with Crippen molar-refractivity contribution in [1.29, 1.82) is 0 Å². The number of sulfonamides is 1. The number of nitrogens with zero attached hydrogens (tertiary/aromatic N) is 2. The fourth-order valence-electron chi connectivity index (χ4n) is 2.60. The summed E-state index contributed by atoms with van der Waals surface area (Å²) in [5, 5.41) is 8.95. The lowest BCUT2D eigenvalue weighted by Crippen LogP contribution is -2.49. The molecule has 1 amide bonds. The van der Waals surface area contributed by atoms with Gasteiger partial charge in [0, 0.05) is 38.3 Å². The number of carbonyl (C=O) groups excluding carboxylic acids is 1. The van der Waals surface area contributed by atoms with Crippen LogP contribution in [0.3, 0.4) is 0 Å². The van der Waals surface area contributed by atoms with Gasteiger partial charge in [0.2, 0.25) is 10.0 Å². The van der Waals surface area contributed by atoms with Gasteiger partial charge >= 0.3 is 0 Å². The minimum atomic E-state index is -3.57. The number of rotatable bonds is 5. The number of amides is 1. The van der Waals surface area contributed by atoms with Crippen molar-refractivity contribution in [3.63, 3.8) is 0 Å². The number of β-amino-alcohol motifs (C(OH)–C–C–N with tert-alkyl or cyclic N) is 1. The van der Waals surface area contributed by atoms with E-state index in [-0.39, 0.29) is 17.4 Å². The molecule has 23 heavy (non-hydrogen) atoms. The molecule has 2 rings (SSSR count). The Labute approximate surface area is 136 Å². The van der Waals surface area contributed by atoms with Crippen molar-refractivity contribution >= 4 is 15.9 Å². The van der Waals surface area contributed by atoms with E-state index in [1.165, 1.54) is 19.2 Å². The average Bonchev–Trinajstić information content (AvgIpc) is 2.55. The third-order valence-corrected chi connectivity index (χ3v) is 5.51. The van der Waals surface area contributed by atoms with Gasteiger partial charge in [0.25, 0.3) is 5.91 Å². The summed E-state index contributed by atoms with van der Waals surface area (Å²) in [6.45, 7) is 5.07. The maximum atomic E-state index is 12.7. The van der Waals surface area contributed by atoms with E-state index in [1.54, 1.807) is 17.9 Å². The first-order chi connectivity index (χ1) is 10.9. The van der Waals surface area contributed by atoms with Gasteiger partial charge in [0.15, 0.2) is 0 Å². The van der Waals surface area contributed by atoms with Crippen LogP contribution in [0.2, 0.25) is 0 Å². The molecular formula is C15H23N3O4S. The predicted molar refractivity (Wildman–Crippen MR) is 86.9 cm³/mol. The number of hydrogen-bond donors (Lipinski definition) is 2. The van der Waals surface area contributed by atoms with Crippen LogP contribution in [0, 0.1) is 6.92 Å². The molecule has 0 unspecified atom stereocenters. The predicted octanol–water partition coefficient (Wildman–Crippen LogP) is -0.347. The number of piperazine rings is 1. The van der Waals surface area contributed by atoms with E-state index >= 15 is 0 Å². The fourth-order valence-corrected chi connectivity index (χ4v) is 3.36. The SMILES string of the molecule is CNS(=O)(=O)c1ccc(C)c(C(=O)N2CCN(CCO)CC2)c1. The summed E-state index contributed by atoms with van der Waals surface area (Å²) >= 11 is 0. The van der Waals surface area contributed by atoms with Crippen molar-refractivity contribution in [3.05, 3.63) is 29.3 Å². The summed E-state index contributed by atoms with van der Waals surface area (Å²) < 4.78 is 26.1. The summed E-state index contributed by atoms with van der Waals surface area (Å²) in [5.74, 6) is -0.153. The molecule has 2 N–H and O–H groups in total. The second-order valence-electron chi connectivity index (χ2n) is 5.54. The van der Waals surface area contributed by atoms with E-state index in [0.717, 1.165) is 5.56 Å². The molecule has 1 aliphatic rings. The third-order valence-electron chi connectivity index (χ3n) is 4.09. The Morgan fingerprint density at radius 3 is 2.48 bits per heavy atom. The highest BCUT2D eigenvalue weighted by Crippen LogP contribution is 2.18. The van der Waals surface area contributed by atoms with Crippen LogP contribution in [0.1, 0.15) is 15.9 Å². The Hall–Kier alpha value is -1.48. The molecule has 0 radical (unpaired) electrons. The van der Waals surface area contributed by atoms with Crippen molar-refractivity contribution in [2.75, 3.05) is 46.4 Å². The van der Waals surface area contributed by atoms with Gasteiger partial charge in [0.1, 0.15) is 0 Å². The number of aryl methyl sites for hydroxylation is 1. The summed E-state index contributed by atoms with van der Waals surface area (Å²) in [4.78, 5) is 16.6. The van der Waals surface area contributed by atoms with E-state index in [0.29, 0.717) is 38.3 Å². The van der Waals surface area contributed by atoms with Gasteiger partial charge in [0.05, 0.1) is 11.5 Å². The molecule has 1 aliphatic heterocycles. The van der Waals surface area contributed by atoms with E-state index in [4.69, 9.17) is 5.11 Å². The topological polar surface area (TPSA) is 90.0 Å². The molecule has 128 valence electrons. The smallest absolute Gasteiger partial charge is 0.254 e. The summed E-state index contributed by atoms with van der Waals surface area (Å²) in [5.41, 5.74) is 1.17. The largest absolute Gasteiger partial charge is 0.395 e. The first-order valence-corrected chi connectivity index (χ1v) is 9.04. The quantitative estimate of drug-likeness (QED) is 0.764. The highest BCUT2D eigenvalue weighted by atomic mass is 32.2. The Kier molecular flexibility index (Phi) is 5.74. The minimum Gasteiger partial charge on any atom is -0.395 e. The molecular weight excluding hydrogens is 318 g/mol. The normalized spacial score (nSPS) is 16.6. The standard InChI is InChI=1S/C15H23N3O4S/c1-12-3-4-13(23(21,22)16-2)11-14(12)15(20)18-7-5-17(6-8-18)9-10-19/h3-4,11,16,19H,5-10H2,1-2H3. The highest BCUT2D eigenvalue weighted by molar-refractivity contribution is 7.89. The number of nitrogens with one attached hydrogen (secondary N) is 1. The first kappa shape index (κ1) is 17.9. The molecule has 8 heteroatoms. The Morgan fingerprint density at radius 1 is 1.26 bits per heavy atom. The van der Waals surface area contributed by atoms with Crippen LogP contribution in [0.25, 0.3) is 0 Å². The summed E-state index contributed by atoms with van der Waals surface area (Å²) in [7, 11) is -2.23. The molecule has 0 aromatic heterocycles. The first-order valence-electron chi connectivity index (χ1n) is 7.55. The molecule has 0 bridgehead atoms. The van der Waals surface area contributed by atoms with Crippen molar-refractivity contribution in [1.82, 2.24) is 14.5 Å². The van der Waals surface area contributed by atoms with Gasteiger partial charge in [-0.3, -0.25) is 9.69 Å². The number of carbonyl (C=O) groups is 1. The number of aliphatic hydroxyl groups excluding tert-OH is 1. The molecule has 1 fully saturated rings. The van der Waals surface area contributed by atoms with Gasteiger partial charge in [-0.1, -0.05) is 6.07 Å². The van der Waals surface area contributed by atoms with Crippen LogP contribution >= 0.6 is 0 Å². The van der Waals surface area contributed by atoms with E-state index in [2.05, 4.69) is 9.62 Å². The van der Waals surface area contributed by atoms with Crippen LogP contribution < -0.4 is 4.72 Å². The summed E-state index contributed by atoms with van der Waals surface area (Å²) in [6, 6.07) is 4.58. The van der Waals surface area contributed by atoms with Gasteiger partial charge in [-0.05, 0) is 31.7 Å². The molecule has 1 heterocycles. The molecule has 1 aromatic carbocycles. The zero-order valence-electron chi connectivity index (χ0n) is 13.4. The Bertz CT molecular complexity index is 667. The Balaban J connectivity index is 2.18. The highest BCUT2D eigenvalue weighted by Gasteiger charge is 2.24. The number of aliphatic hydroxyl groups is 1. The van der Waals surface area contributed by atoms with Crippen LogP contribution in [0.4, 0.5) is 0 Å². The van der Waals surface area contributed by atoms with Crippen molar-refractivity contribution in [2.24, 2.45) is 0 Å². The lowest BCUT2D eigenvalue weighted by atomic mass is 10.1. The molecule has 0 aliphatic carbocycles. The lowest BCUT2D eigenvalue weighted by molar-refractivity contribution is 0.0614. The maximum Gasteiger partial charge on any atom is 0.254 e. The van der Waals surface area contributed by atoms with Crippen molar-refractivity contribution < 1.29 is 18.3 Å². The van der Waals surface area contributed by atoms with Crippen LogP contribution in [-0.2, 0) is 10.0 Å². The molecule has 0 atom stereocenters. The van der Waals surface area contributed by atoms with Crippen LogP contribution in [0.15, 0.2) is 23.1 Å². The molecule has 7 nitrogen and oxygen atoms in total. The average molecular weight is 341 g/mol. The van der Waals surface area contributed by atoms with Gasteiger partial charge in [-0.2, -0.15) is 0 Å². The van der Waals surface area contributed by atoms with Crippen molar-refractivity contribution in [3.8, 4) is 0 Å². The molecule has 0 saturated carbocycles. The summed E-state index contributed by atoms with van der Waals surface area (Å²) in [6.07, 6.45) is 0. The molecule has 1 aromatic rings.